The number of thiophene rings is 1. The highest BCUT2D eigenvalue weighted by Crippen LogP contribution is 2.20. The molecule has 0 radical (unpaired) electrons. The zero-order chi connectivity index (χ0) is 21.4. The number of amides is 1. The lowest BCUT2D eigenvalue weighted by molar-refractivity contribution is 0.0750. The van der Waals surface area contributed by atoms with Crippen molar-refractivity contribution in [3.05, 3.63) is 93.7 Å². The van der Waals surface area contributed by atoms with Gasteiger partial charge < -0.3 is 4.90 Å². The molecule has 0 fully saturated rings. The average Bonchev–Trinajstić information content (AvgIpc) is 3.20. The molecule has 1 aromatic heterocycles. The second kappa shape index (κ2) is 10.5. The summed E-state index contributed by atoms with van der Waals surface area (Å²) in [4.78, 5) is 16.8. The number of sulfonamides is 1. The van der Waals surface area contributed by atoms with Crippen LogP contribution in [0, 0.1) is 0 Å². The van der Waals surface area contributed by atoms with Crippen LogP contribution in [0.15, 0.2) is 72.8 Å². The molecule has 7 heteroatoms. The van der Waals surface area contributed by atoms with Crippen molar-refractivity contribution in [1.82, 2.24) is 9.62 Å². The van der Waals surface area contributed by atoms with E-state index in [0.717, 1.165) is 23.1 Å². The first-order valence-corrected chi connectivity index (χ1v) is 12.5. The molecule has 0 aliphatic carbocycles. The third-order valence-electron chi connectivity index (χ3n) is 4.62. The largest absolute Gasteiger partial charge is 0.333 e. The number of hydrogen-bond donors (Lipinski definition) is 1. The number of nitrogens with zero attached hydrogens (tertiary/aromatic N) is 1. The van der Waals surface area contributed by atoms with Crippen LogP contribution in [0.3, 0.4) is 0 Å². The Kier molecular flexibility index (Phi) is 7.79. The van der Waals surface area contributed by atoms with Gasteiger partial charge in [0.05, 0.1) is 11.1 Å². The van der Waals surface area contributed by atoms with Crippen LogP contribution in [-0.4, -0.2) is 38.6 Å². The Bertz CT molecular complexity index is 1050. The van der Waals surface area contributed by atoms with Gasteiger partial charge in [-0.05, 0) is 36.1 Å². The molecule has 0 aliphatic heterocycles. The second-order valence-electron chi connectivity index (χ2n) is 7.13. The lowest BCUT2D eigenvalue weighted by Crippen LogP contribution is -2.32. The van der Waals surface area contributed by atoms with Crippen molar-refractivity contribution in [1.29, 1.82) is 0 Å². The van der Waals surface area contributed by atoms with Gasteiger partial charge in [0.2, 0.25) is 10.0 Å². The fraction of sp³-hybridized carbons (Fsp3) is 0.261. The summed E-state index contributed by atoms with van der Waals surface area (Å²) in [7, 11) is -3.21. The molecule has 1 heterocycles. The first-order valence-electron chi connectivity index (χ1n) is 9.81. The molecule has 5 nitrogen and oxygen atoms in total. The van der Waals surface area contributed by atoms with Gasteiger partial charge in [0.15, 0.2) is 0 Å². The first kappa shape index (κ1) is 22.2. The molecule has 0 spiro atoms. The van der Waals surface area contributed by atoms with Gasteiger partial charge >= 0.3 is 0 Å². The number of rotatable bonds is 10. The third-order valence-corrected chi connectivity index (χ3v) is 6.49. The minimum absolute atomic E-state index is 0.00195. The van der Waals surface area contributed by atoms with Crippen molar-refractivity contribution in [3.8, 4) is 0 Å². The van der Waals surface area contributed by atoms with Crippen molar-refractivity contribution in [3.63, 3.8) is 0 Å². The highest BCUT2D eigenvalue weighted by atomic mass is 32.2. The number of nitrogens with one attached hydrogen (secondary N) is 1. The molecule has 3 rings (SSSR count). The van der Waals surface area contributed by atoms with Crippen LogP contribution in [0.1, 0.15) is 25.7 Å². The van der Waals surface area contributed by atoms with Crippen molar-refractivity contribution in [2.45, 2.75) is 19.4 Å². The Hall–Kier alpha value is -2.48. The summed E-state index contributed by atoms with van der Waals surface area (Å²) in [5.41, 5.74) is 2.29. The molecule has 0 saturated heterocycles. The molecule has 1 N–H and O–H groups in total. The maximum atomic E-state index is 13.2. The van der Waals surface area contributed by atoms with E-state index in [4.69, 9.17) is 0 Å². The van der Waals surface area contributed by atoms with Gasteiger partial charge in [-0.15, -0.1) is 11.3 Å². The molecule has 0 atom stereocenters. The molecule has 3 aromatic rings. The van der Waals surface area contributed by atoms with Gasteiger partial charge in [0, 0.05) is 24.5 Å². The molecule has 30 heavy (non-hydrogen) atoms. The summed E-state index contributed by atoms with van der Waals surface area (Å²) in [5.74, 6) is 0.00195. The van der Waals surface area contributed by atoms with Gasteiger partial charge in [-0.1, -0.05) is 60.7 Å². The minimum Gasteiger partial charge on any atom is -0.333 e. The molecule has 2 aromatic carbocycles. The van der Waals surface area contributed by atoms with Crippen LogP contribution < -0.4 is 4.72 Å². The Morgan fingerprint density at radius 1 is 0.900 bits per heavy atom. The molecule has 0 saturated carbocycles. The molecular formula is C23H26N2O3S2. The molecule has 0 aliphatic rings. The van der Waals surface area contributed by atoms with E-state index in [1.54, 1.807) is 0 Å². The lowest BCUT2D eigenvalue weighted by Gasteiger charge is -2.22. The SMILES string of the molecule is CS(=O)(=O)NCCc1ccc(C(=O)N(CCc2ccccc2)Cc2ccccc2)s1. The molecule has 0 bridgehead atoms. The predicted octanol–water partition coefficient (Wildman–Crippen LogP) is 3.72. The van der Waals surface area contributed by atoms with E-state index in [1.807, 2.05) is 65.6 Å². The Morgan fingerprint density at radius 2 is 1.53 bits per heavy atom. The summed E-state index contributed by atoms with van der Waals surface area (Å²) >= 11 is 1.43. The number of benzene rings is 2. The smallest absolute Gasteiger partial charge is 0.264 e. The zero-order valence-corrected chi connectivity index (χ0v) is 18.6. The van der Waals surface area contributed by atoms with Crippen LogP contribution in [0.2, 0.25) is 0 Å². The third kappa shape index (κ3) is 7.09. The summed E-state index contributed by atoms with van der Waals surface area (Å²) in [5, 5.41) is 0. The van der Waals surface area contributed by atoms with Gasteiger partial charge in [-0.2, -0.15) is 0 Å². The first-order chi connectivity index (χ1) is 14.4. The van der Waals surface area contributed by atoms with Gasteiger partial charge in [-0.25, -0.2) is 13.1 Å². The van der Waals surface area contributed by atoms with Crippen LogP contribution in [0.4, 0.5) is 0 Å². The fourth-order valence-electron chi connectivity index (χ4n) is 3.11. The monoisotopic (exact) mass is 442 g/mol. The zero-order valence-electron chi connectivity index (χ0n) is 17.0. The fourth-order valence-corrected chi connectivity index (χ4v) is 4.56. The highest BCUT2D eigenvalue weighted by molar-refractivity contribution is 7.88. The molecular weight excluding hydrogens is 416 g/mol. The number of carbonyl (C=O) groups excluding carboxylic acids is 1. The summed E-state index contributed by atoms with van der Waals surface area (Å²) in [6, 6.07) is 23.9. The Balaban J connectivity index is 1.69. The quantitative estimate of drug-likeness (QED) is 0.520. The predicted molar refractivity (Wildman–Crippen MR) is 122 cm³/mol. The second-order valence-corrected chi connectivity index (χ2v) is 10.1. The summed E-state index contributed by atoms with van der Waals surface area (Å²) < 4.78 is 24.9. The van der Waals surface area contributed by atoms with Crippen LogP contribution in [0.5, 0.6) is 0 Å². The van der Waals surface area contributed by atoms with E-state index in [0.29, 0.717) is 30.9 Å². The van der Waals surface area contributed by atoms with Gasteiger partial charge in [0.25, 0.3) is 5.91 Å². The van der Waals surface area contributed by atoms with Gasteiger partial charge in [0.1, 0.15) is 0 Å². The standard InChI is InChI=1S/C23H26N2O3S2/c1-30(27,28)24-16-14-21-12-13-22(29-21)23(26)25(18-20-10-6-3-7-11-20)17-15-19-8-4-2-5-9-19/h2-13,24H,14-18H2,1H3. The van der Waals surface area contributed by atoms with Crippen molar-refractivity contribution in [2.24, 2.45) is 0 Å². The number of carbonyl (C=O) groups is 1. The summed E-state index contributed by atoms with van der Waals surface area (Å²) in [6.45, 7) is 1.50. The van der Waals surface area contributed by atoms with Gasteiger partial charge in [-0.3, -0.25) is 4.79 Å². The molecule has 0 unspecified atom stereocenters. The van der Waals surface area contributed by atoms with Crippen molar-refractivity contribution < 1.29 is 13.2 Å². The normalized spacial score (nSPS) is 11.4. The van der Waals surface area contributed by atoms with E-state index in [2.05, 4.69) is 16.9 Å². The minimum atomic E-state index is -3.21. The topological polar surface area (TPSA) is 66.5 Å². The summed E-state index contributed by atoms with van der Waals surface area (Å²) in [6.07, 6.45) is 2.49. The molecule has 1 amide bonds. The average molecular weight is 443 g/mol. The number of hydrogen-bond acceptors (Lipinski definition) is 4. The van der Waals surface area contributed by atoms with Crippen LogP contribution in [0.25, 0.3) is 0 Å². The van der Waals surface area contributed by atoms with E-state index < -0.39 is 10.0 Å². The Labute approximate surface area is 182 Å². The molecule has 158 valence electrons. The Morgan fingerprint density at radius 3 is 2.17 bits per heavy atom. The maximum absolute atomic E-state index is 13.2. The van der Waals surface area contributed by atoms with Crippen molar-refractivity contribution in [2.75, 3.05) is 19.3 Å². The lowest BCUT2D eigenvalue weighted by atomic mass is 10.1. The van der Waals surface area contributed by atoms with Crippen LogP contribution in [-0.2, 0) is 29.4 Å². The van der Waals surface area contributed by atoms with E-state index in [9.17, 15) is 13.2 Å². The van der Waals surface area contributed by atoms with E-state index >= 15 is 0 Å². The maximum Gasteiger partial charge on any atom is 0.264 e. The van der Waals surface area contributed by atoms with E-state index in [-0.39, 0.29) is 5.91 Å². The van der Waals surface area contributed by atoms with Crippen molar-refractivity contribution >= 4 is 27.3 Å². The van der Waals surface area contributed by atoms with E-state index in [1.165, 1.54) is 16.9 Å². The highest BCUT2D eigenvalue weighted by Gasteiger charge is 2.18. The van der Waals surface area contributed by atoms with Crippen LogP contribution >= 0.6 is 11.3 Å².